The van der Waals surface area contributed by atoms with Crippen molar-refractivity contribution in [1.82, 2.24) is 19.6 Å². The van der Waals surface area contributed by atoms with Crippen molar-refractivity contribution in [3.8, 4) is 0 Å². The quantitative estimate of drug-likeness (QED) is 0.838. The molecule has 7 heteroatoms. The lowest BCUT2D eigenvalue weighted by Crippen LogP contribution is -2.58. The Kier molecular flexibility index (Phi) is 5.64. The molecule has 0 saturated carbocycles. The molecule has 2 aliphatic heterocycles. The molecule has 2 amide bonds. The SMILES string of the molecule is Cc1ccn(CCC(=O)N2CCC3(CC2)C[C@@H](O)[C@H](c2ccccc2)N(C)C3=O)n1. The Morgan fingerprint density at radius 2 is 1.90 bits per heavy atom. The molecule has 1 spiro atoms. The average Bonchev–Trinajstić information content (AvgIpc) is 3.17. The number of hydrogen-bond donors (Lipinski definition) is 1. The average molecular weight is 411 g/mol. The van der Waals surface area contributed by atoms with E-state index in [4.69, 9.17) is 0 Å². The number of piperidine rings is 2. The molecule has 2 atom stereocenters. The summed E-state index contributed by atoms with van der Waals surface area (Å²) in [6.07, 6.45) is 3.32. The van der Waals surface area contributed by atoms with Gasteiger partial charge in [-0.15, -0.1) is 0 Å². The van der Waals surface area contributed by atoms with E-state index in [9.17, 15) is 14.7 Å². The number of likely N-dealkylation sites (N-methyl/N-ethyl adjacent to an activating group) is 1. The Hall–Kier alpha value is -2.67. The maximum atomic E-state index is 13.3. The lowest BCUT2D eigenvalue weighted by atomic mass is 9.68. The molecule has 1 aromatic carbocycles. The zero-order valence-electron chi connectivity index (χ0n) is 17.7. The van der Waals surface area contributed by atoms with Gasteiger partial charge in [-0.3, -0.25) is 14.3 Å². The van der Waals surface area contributed by atoms with E-state index in [-0.39, 0.29) is 17.9 Å². The van der Waals surface area contributed by atoms with Crippen molar-refractivity contribution in [2.75, 3.05) is 20.1 Å². The molecule has 0 aliphatic carbocycles. The molecule has 160 valence electrons. The minimum absolute atomic E-state index is 0.0840. The van der Waals surface area contributed by atoms with Crippen LogP contribution in [0, 0.1) is 12.3 Å². The number of aliphatic hydroxyl groups is 1. The number of aliphatic hydroxyl groups excluding tert-OH is 1. The topological polar surface area (TPSA) is 78.7 Å². The van der Waals surface area contributed by atoms with Crippen molar-refractivity contribution in [3.05, 3.63) is 53.9 Å². The van der Waals surface area contributed by atoms with E-state index in [0.29, 0.717) is 45.3 Å². The van der Waals surface area contributed by atoms with Gasteiger partial charge in [0, 0.05) is 39.3 Å². The third kappa shape index (κ3) is 3.86. The first kappa shape index (κ1) is 20.6. The van der Waals surface area contributed by atoms with Crippen molar-refractivity contribution in [2.24, 2.45) is 5.41 Å². The van der Waals surface area contributed by atoms with Crippen LogP contribution in [0.5, 0.6) is 0 Å². The largest absolute Gasteiger partial charge is 0.391 e. The predicted octanol–water partition coefficient (Wildman–Crippen LogP) is 2.15. The number of carbonyl (C=O) groups is 2. The van der Waals surface area contributed by atoms with Crippen molar-refractivity contribution >= 4 is 11.8 Å². The molecule has 0 unspecified atom stereocenters. The molecule has 0 radical (unpaired) electrons. The van der Waals surface area contributed by atoms with Gasteiger partial charge in [0.15, 0.2) is 0 Å². The van der Waals surface area contributed by atoms with E-state index in [1.165, 1.54) is 0 Å². The standard InChI is InChI=1S/C23H30N4O3/c1-17-8-12-27(24-17)13-9-20(29)26-14-10-23(11-15-26)16-19(28)21(25(2)22(23)30)18-6-4-3-5-7-18/h3-8,12,19,21,28H,9-11,13-16H2,1-2H3/t19-,21+/m1/s1. The van der Waals surface area contributed by atoms with Crippen LogP contribution in [0.25, 0.3) is 0 Å². The Bertz CT molecular complexity index is 902. The first-order chi connectivity index (χ1) is 14.4. The summed E-state index contributed by atoms with van der Waals surface area (Å²) in [4.78, 5) is 29.5. The highest BCUT2D eigenvalue weighted by atomic mass is 16.3. The fourth-order valence-electron chi connectivity index (χ4n) is 5.01. The van der Waals surface area contributed by atoms with Gasteiger partial charge in [-0.2, -0.15) is 5.10 Å². The van der Waals surface area contributed by atoms with Gasteiger partial charge >= 0.3 is 0 Å². The first-order valence-corrected chi connectivity index (χ1v) is 10.7. The number of hydrogen-bond acceptors (Lipinski definition) is 4. The maximum Gasteiger partial charge on any atom is 0.229 e. The summed E-state index contributed by atoms with van der Waals surface area (Å²) >= 11 is 0. The molecule has 2 aromatic rings. The molecule has 7 nitrogen and oxygen atoms in total. The van der Waals surface area contributed by atoms with E-state index in [2.05, 4.69) is 5.10 Å². The molecular formula is C23H30N4O3. The second-order valence-corrected chi connectivity index (χ2v) is 8.67. The minimum atomic E-state index is -0.611. The molecule has 4 rings (SSSR count). The van der Waals surface area contributed by atoms with Gasteiger partial charge in [-0.05, 0) is 37.8 Å². The summed E-state index contributed by atoms with van der Waals surface area (Å²) in [5.74, 6) is 0.179. The number of benzene rings is 1. The molecule has 1 N–H and O–H groups in total. The number of aryl methyl sites for hydroxylation is 2. The summed E-state index contributed by atoms with van der Waals surface area (Å²) < 4.78 is 1.79. The Balaban J connectivity index is 1.37. The van der Waals surface area contributed by atoms with E-state index in [1.54, 1.807) is 16.6 Å². The molecule has 3 heterocycles. The van der Waals surface area contributed by atoms with E-state index in [1.807, 2.05) is 54.4 Å². The van der Waals surface area contributed by atoms with Crippen LogP contribution in [-0.2, 0) is 16.1 Å². The summed E-state index contributed by atoms with van der Waals surface area (Å²) in [6.45, 7) is 3.60. The van der Waals surface area contributed by atoms with Crippen LogP contribution >= 0.6 is 0 Å². The van der Waals surface area contributed by atoms with E-state index in [0.717, 1.165) is 11.3 Å². The summed E-state index contributed by atoms with van der Waals surface area (Å²) in [7, 11) is 1.79. The molecule has 2 aliphatic rings. The van der Waals surface area contributed by atoms with Gasteiger partial charge in [-0.25, -0.2) is 0 Å². The fourth-order valence-corrected chi connectivity index (χ4v) is 5.01. The maximum absolute atomic E-state index is 13.3. The normalized spacial score (nSPS) is 23.8. The summed E-state index contributed by atoms with van der Waals surface area (Å²) in [5, 5.41) is 15.3. The zero-order chi connectivity index (χ0) is 21.3. The van der Waals surface area contributed by atoms with Gasteiger partial charge in [-0.1, -0.05) is 30.3 Å². The van der Waals surface area contributed by atoms with Gasteiger partial charge in [0.25, 0.3) is 0 Å². The number of likely N-dealkylation sites (tertiary alicyclic amines) is 2. The molecule has 1 aromatic heterocycles. The van der Waals surface area contributed by atoms with E-state index >= 15 is 0 Å². The van der Waals surface area contributed by atoms with Crippen LogP contribution < -0.4 is 0 Å². The third-order valence-corrected chi connectivity index (χ3v) is 6.70. The summed E-state index contributed by atoms with van der Waals surface area (Å²) in [5.41, 5.74) is 1.32. The van der Waals surface area contributed by atoms with Gasteiger partial charge in [0.1, 0.15) is 0 Å². The zero-order valence-corrected chi connectivity index (χ0v) is 17.7. The first-order valence-electron chi connectivity index (χ1n) is 10.7. The highest BCUT2D eigenvalue weighted by Crippen LogP contribution is 2.46. The Morgan fingerprint density at radius 1 is 1.20 bits per heavy atom. The van der Waals surface area contributed by atoms with Crippen LogP contribution in [0.1, 0.15) is 43.0 Å². The lowest BCUT2D eigenvalue weighted by Gasteiger charge is -2.50. The smallest absolute Gasteiger partial charge is 0.229 e. The van der Waals surface area contributed by atoms with Crippen molar-refractivity contribution < 1.29 is 14.7 Å². The monoisotopic (exact) mass is 410 g/mol. The van der Waals surface area contributed by atoms with Crippen LogP contribution in [0.3, 0.4) is 0 Å². The van der Waals surface area contributed by atoms with Crippen molar-refractivity contribution in [2.45, 2.75) is 51.3 Å². The molecular weight excluding hydrogens is 380 g/mol. The molecule has 2 saturated heterocycles. The Labute approximate surface area is 177 Å². The number of nitrogens with zero attached hydrogens (tertiary/aromatic N) is 4. The number of aromatic nitrogens is 2. The van der Waals surface area contributed by atoms with Crippen LogP contribution in [-0.4, -0.2) is 62.7 Å². The summed E-state index contributed by atoms with van der Waals surface area (Å²) in [6, 6.07) is 11.3. The molecule has 30 heavy (non-hydrogen) atoms. The highest BCUT2D eigenvalue weighted by Gasteiger charge is 2.51. The van der Waals surface area contributed by atoms with Crippen LogP contribution in [0.15, 0.2) is 42.6 Å². The number of carbonyl (C=O) groups excluding carboxylic acids is 2. The third-order valence-electron chi connectivity index (χ3n) is 6.70. The van der Waals surface area contributed by atoms with Crippen molar-refractivity contribution in [3.63, 3.8) is 0 Å². The second-order valence-electron chi connectivity index (χ2n) is 8.67. The lowest BCUT2D eigenvalue weighted by molar-refractivity contribution is -0.163. The Morgan fingerprint density at radius 3 is 2.53 bits per heavy atom. The van der Waals surface area contributed by atoms with Crippen molar-refractivity contribution in [1.29, 1.82) is 0 Å². The van der Waals surface area contributed by atoms with Gasteiger partial charge in [0.05, 0.1) is 23.3 Å². The number of rotatable bonds is 4. The highest BCUT2D eigenvalue weighted by molar-refractivity contribution is 5.85. The van der Waals surface area contributed by atoms with Crippen LogP contribution in [0.2, 0.25) is 0 Å². The predicted molar refractivity (Wildman–Crippen MR) is 112 cm³/mol. The minimum Gasteiger partial charge on any atom is -0.391 e. The molecule has 2 fully saturated rings. The fraction of sp³-hybridized carbons (Fsp3) is 0.522. The molecule has 0 bridgehead atoms. The van der Waals surface area contributed by atoms with Gasteiger partial charge < -0.3 is 14.9 Å². The van der Waals surface area contributed by atoms with Crippen LogP contribution in [0.4, 0.5) is 0 Å². The van der Waals surface area contributed by atoms with Gasteiger partial charge in [0.2, 0.25) is 11.8 Å². The van der Waals surface area contributed by atoms with E-state index < -0.39 is 11.5 Å². The number of amides is 2. The second kappa shape index (κ2) is 8.22.